The third kappa shape index (κ3) is 3.50. The summed E-state index contributed by atoms with van der Waals surface area (Å²) in [4.78, 5) is 13.6. The number of sulfonamides is 1. The molecule has 0 unspecified atom stereocenters. The zero-order chi connectivity index (χ0) is 19.7. The third-order valence-electron chi connectivity index (χ3n) is 4.69. The Morgan fingerprint density at radius 1 is 1.07 bits per heavy atom. The molecule has 4 rings (SSSR count). The van der Waals surface area contributed by atoms with Gasteiger partial charge in [0.2, 0.25) is 11.8 Å². The molecule has 0 saturated carbocycles. The lowest BCUT2D eigenvalue weighted by Gasteiger charge is -2.16. The van der Waals surface area contributed by atoms with E-state index in [9.17, 15) is 13.2 Å². The number of carbonyl (C=O) groups excluding carboxylic acids is 1. The summed E-state index contributed by atoms with van der Waals surface area (Å²) >= 11 is 0. The Morgan fingerprint density at radius 2 is 1.79 bits per heavy atom. The highest BCUT2D eigenvalue weighted by atomic mass is 32.2. The second-order valence-electron chi connectivity index (χ2n) is 6.68. The van der Waals surface area contributed by atoms with Gasteiger partial charge in [-0.15, -0.1) is 0 Å². The van der Waals surface area contributed by atoms with E-state index in [-0.39, 0.29) is 16.7 Å². The maximum atomic E-state index is 12.8. The first-order valence-corrected chi connectivity index (χ1v) is 10.4. The number of nitrogens with one attached hydrogen (secondary N) is 1. The molecule has 1 aliphatic heterocycles. The molecule has 0 aliphatic carbocycles. The molecule has 1 aliphatic rings. The second-order valence-corrected chi connectivity index (χ2v) is 8.37. The van der Waals surface area contributed by atoms with Crippen molar-refractivity contribution in [1.29, 1.82) is 0 Å². The van der Waals surface area contributed by atoms with Crippen molar-refractivity contribution >= 4 is 27.5 Å². The smallest absolute Gasteiger partial charge is 0.264 e. The first kappa shape index (κ1) is 18.2. The summed E-state index contributed by atoms with van der Waals surface area (Å²) in [5, 5.41) is 3.73. The molecule has 0 spiro atoms. The number of hydrogen-bond donors (Lipinski definition) is 1. The van der Waals surface area contributed by atoms with Crippen molar-refractivity contribution < 1.29 is 17.7 Å². The first-order valence-electron chi connectivity index (χ1n) is 8.89. The van der Waals surface area contributed by atoms with Crippen molar-refractivity contribution in [1.82, 2.24) is 5.16 Å². The molecule has 1 saturated heterocycles. The van der Waals surface area contributed by atoms with Crippen LogP contribution in [-0.2, 0) is 14.8 Å². The number of benzene rings is 2. The van der Waals surface area contributed by atoms with Crippen molar-refractivity contribution in [2.75, 3.05) is 16.2 Å². The van der Waals surface area contributed by atoms with Gasteiger partial charge in [0.05, 0.1) is 16.7 Å². The molecule has 1 fully saturated rings. The number of amides is 1. The van der Waals surface area contributed by atoms with E-state index in [1.54, 1.807) is 17.0 Å². The zero-order valence-electron chi connectivity index (χ0n) is 15.3. The molecule has 1 amide bonds. The number of aryl methyl sites for hydroxylation is 1. The van der Waals surface area contributed by atoms with Gasteiger partial charge < -0.3 is 9.42 Å². The van der Waals surface area contributed by atoms with E-state index in [0.717, 1.165) is 17.5 Å². The van der Waals surface area contributed by atoms with Crippen LogP contribution in [0.15, 0.2) is 64.1 Å². The standard InChI is InChI=1S/C20H19N3O4S/c1-14-4-6-15(7-5-14)18-13-21-27-20(18)22-28(25,26)17-10-8-16(9-11-17)23-12-2-3-19(23)24/h4-11,13,22H,2-3,12H2,1H3. The molecule has 0 radical (unpaired) electrons. The molecular formula is C20H19N3O4S. The molecule has 8 heteroatoms. The molecule has 2 aromatic carbocycles. The molecule has 0 atom stereocenters. The fourth-order valence-corrected chi connectivity index (χ4v) is 4.16. The normalized spacial score (nSPS) is 14.5. The maximum absolute atomic E-state index is 12.8. The Balaban J connectivity index is 1.58. The van der Waals surface area contributed by atoms with Crippen molar-refractivity contribution in [3.8, 4) is 11.1 Å². The minimum atomic E-state index is -3.86. The highest BCUT2D eigenvalue weighted by Gasteiger charge is 2.23. The fraction of sp³-hybridized carbons (Fsp3) is 0.200. The van der Waals surface area contributed by atoms with Crippen LogP contribution in [0.1, 0.15) is 18.4 Å². The highest BCUT2D eigenvalue weighted by molar-refractivity contribution is 7.92. The van der Waals surface area contributed by atoms with Crippen molar-refractivity contribution in [3.05, 3.63) is 60.3 Å². The lowest BCUT2D eigenvalue weighted by atomic mass is 10.1. The third-order valence-corrected chi connectivity index (χ3v) is 6.04. The lowest BCUT2D eigenvalue weighted by Crippen LogP contribution is -2.23. The topological polar surface area (TPSA) is 92.5 Å². The first-order chi connectivity index (χ1) is 13.4. The van der Waals surface area contributed by atoms with Crippen LogP contribution in [-0.4, -0.2) is 26.0 Å². The Labute approximate surface area is 163 Å². The van der Waals surface area contributed by atoms with E-state index in [1.807, 2.05) is 31.2 Å². The number of carbonyl (C=O) groups is 1. The summed E-state index contributed by atoms with van der Waals surface area (Å²) in [6.07, 6.45) is 2.81. The summed E-state index contributed by atoms with van der Waals surface area (Å²) < 4.78 is 33.1. The largest absolute Gasteiger partial charge is 0.337 e. The molecule has 2 heterocycles. The number of nitrogens with zero attached hydrogens (tertiary/aromatic N) is 2. The van der Waals surface area contributed by atoms with Gasteiger partial charge in [-0.1, -0.05) is 35.0 Å². The second kappa shape index (κ2) is 7.12. The van der Waals surface area contributed by atoms with Gasteiger partial charge in [0.15, 0.2) is 0 Å². The van der Waals surface area contributed by atoms with Crippen LogP contribution in [0.3, 0.4) is 0 Å². The average molecular weight is 397 g/mol. The van der Waals surface area contributed by atoms with Crippen molar-refractivity contribution in [3.63, 3.8) is 0 Å². The van der Waals surface area contributed by atoms with Gasteiger partial charge in [-0.05, 0) is 43.2 Å². The van der Waals surface area contributed by atoms with Crippen LogP contribution >= 0.6 is 0 Å². The molecule has 0 bridgehead atoms. The minimum absolute atomic E-state index is 0.0538. The van der Waals surface area contributed by atoms with E-state index in [2.05, 4.69) is 9.88 Å². The van der Waals surface area contributed by atoms with Crippen LogP contribution in [0.25, 0.3) is 11.1 Å². The quantitative estimate of drug-likeness (QED) is 0.710. The maximum Gasteiger partial charge on any atom is 0.264 e. The van der Waals surface area contributed by atoms with E-state index >= 15 is 0 Å². The Morgan fingerprint density at radius 3 is 2.43 bits per heavy atom. The molecule has 7 nitrogen and oxygen atoms in total. The van der Waals surface area contributed by atoms with E-state index in [4.69, 9.17) is 4.52 Å². The molecule has 28 heavy (non-hydrogen) atoms. The highest BCUT2D eigenvalue weighted by Crippen LogP contribution is 2.30. The number of anilines is 2. The van der Waals surface area contributed by atoms with Gasteiger partial charge >= 0.3 is 0 Å². The summed E-state index contributed by atoms with van der Waals surface area (Å²) in [5.74, 6) is 0.112. The van der Waals surface area contributed by atoms with E-state index in [1.165, 1.54) is 18.3 Å². The molecular weight excluding hydrogens is 378 g/mol. The summed E-state index contributed by atoms with van der Waals surface area (Å²) in [7, 11) is -3.86. The summed E-state index contributed by atoms with van der Waals surface area (Å²) in [6, 6.07) is 13.8. The Kier molecular flexibility index (Phi) is 4.64. The predicted molar refractivity (Wildman–Crippen MR) is 106 cm³/mol. The van der Waals surface area contributed by atoms with E-state index < -0.39 is 10.0 Å². The fourth-order valence-electron chi connectivity index (χ4n) is 3.16. The van der Waals surface area contributed by atoms with Crippen LogP contribution in [0.5, 0.6) is 0 Å². The molecule has 1 aromatic heterocycles. The molecule has 144 valence electrons. The Hall–Kier alpha value is -3.13. The van der Waals surface area contributed by atoms with Gasteiger partial charge in [0.1, 0.15) is 0 Å². The van der Waals surface area contributed by atoms with Gasteiger partial charge in [-0.2, -0.15) is 0 Å². The van der Waals surface area contributed by atoms with Crippen LogP contribution in [0, 0.1) is 6.92 Å². The summed E-state index contributed by atoms with van der Waals surface area (Å²) in [6.45, 7) is 2.63. The zero-order valence-corrected chi connectivity index (χ0v) is 16.1. The van der Waals surface area contributed by atoms with Gasteiger partial charge in [0, 0.05) is 18.7 Å². The molecule has 3 aromatic rings. The monoisotopic (exact) mass is 397 g/mol. The van der Waals surface area contributed by atoms with Gasteiger partial charge in [0.25, 0.3) is 10.0 Å². The predicted octanol–water partition coefficient (Wildman–Crippen LogP) is 3.58. The average Bonchev–Trinajstić information content (AvgIpc) is 3.31. The van der Waals surface area contributed by atoms with Gasteiger partial charge in [-0.3, -0.25) is 4.79 Å². The minimum Gasteiger partial charge on any atom is -0.337 e. The Bertz CT molecular complexity index is 1100. The van der Waals surface area contributed by atoms with Crippen LogP contribution in [0.2, 0.25) is 0 Å². The molecule has 1 N–H and O–H groups in total. The summed E-state index contributed by atoms with van der Waals surface area (Å²) in [5.41, 5.74) is 3.15. The van der Waals surface area contributed by atoms with E-state index in [0.29, 0.717) is 24.2 Å². The van der Waals surface area contributed by atoms with Crippen molar-refractivity contribution in [2.24, 2.45) is 0 Å². The number of hydrogen-bond acceptors (Lipinski definition) is 5. The van der Waals surface area contributed by atoms with Crippen LogP contribution < -0.4 is 9.62 Å². The number of rotatable bonds is 5. The van der Waals surface area contributed by atoms with Crippen molar-refractivity contribution in [2.45, 2.75) is 24.7 Å². The SMILES string of the molecule is Cc1ccc(-c2cnoc2NS(=O)(=O)c2ccc(N3CCCC3=O)cc2)cc1. The van der Waals surface area contributed by atoms with Crippen LogP contribution in [0.4, 0.5) is 11.6 Å². The number of aromatic nitrogens is 1. The van der Waals surface area contributed by atoms with Gasteiger partial charge in [-0.25, -0.2) is 13.1 Å². The lowest BCUT2D eigenvalue weighted by molar-refractivity contribution is -0.117.